The van der Waals surface area contributed by atoms with Gasteiger partial charge in [0.25, 0.3) is 0 Å². The Balaban J connectivity index is 2.14. The van der Waals surface area contributed by atoms with Crippen LogP contribution in [0, 0.1) is 0 Å². The number of aromatic amines is 1. The number of carbonyl (C=O) groups is 1. The summed E-state index contributed by atoms with van der Waals surface area (Å²) >= 11 is 1.02. The Labute approximate surface area is 123 Å². The molecule has 0 bridgehead atoms. The zero-order valence-electron chi connectivity index (χ0n) is 10.7. The summed E-state index contributed by atoms with van der Waals surface area (Å²) in [7, 11) is 0. The third kappa shape index (κ3) is 2.75. The molecule has 6 heteroatoms. The Bertz CT molecular complexity index is 894. The van der Waals surface area contributed by atoms with Crippen LogP contribution in [0.15, 0.2) is 41.2 Å². The summed E-state index contributed by atoms with van der Waals surface area (Å²) in [4.78, 5) is 28.8. The number of carboxylic acids is 1. The van der Waals surface area contributed by atoms with Crippen LogP contribution in [0.1, 0.15) is 21.6 Å². The fourth-order valence-corrected chi connectivity index (χ4v) is 2.71. The topological polar surface area (TPSA) is 83.0 Å². The molecular formula is C15H10N2O3S. The first-order valence-electron chi connectivity index (χ1n) is 6.14. The first-order valence-corrected chi connectivity index (χ1v) is 6.95. The molecule has 0 spiro atoms. The molecule has 2 N–H and O–H groups in total. The second kappa shape index (κ2) is 5.34. The smallest absolute Gasteiger partial charge is 0.354 e. The molecule has 0 aliphatic heterocycles. The molecule has 3 aromatic rings. The van der Waals surface area contributed by atoms with Crippen LogP contribution in [-0.2, 0) is 0 Å². The number of rotatable bonds is 3. The van der Waals surface area contributed by atoms with E-state index in [-0.39, 0.29) is 10.6 Å². The van der Waals surface area contributed by atoms with Gasteiger partial charge in [-0.1, -0.05) is 53.8 Å². The van der Waals surface area contributed by atoms with Crippen molar-refractivity contribution in [3.8, 4) is 0 Å². The highest BCUT2D eigenvalue weighted by Crippen LogP contribution is 2.22. The number of aromatic nitrogens is 2. The fraction of sp³-hybridized carbons (Fsp3) is 0. The van der Waals surface area contributed by atoms with Crippen molar-refractivity contribution in [3.63, 3.8) is 0 Å². The maximum atomic E-state index is 11.4. The van der Waals surface area contributed by atoms with Crippen molar-refractivity contribution >= 4 is 39.8 Å². The normalized spacial score (nSPS) is 11.2. The zero-order valence-corrected chi connectivity index (χ0v) is 11.6. The zero-order chi connectivity index (χ0) is 14.8. The van der Waals surface area contributed by atoms with Crippen LogP contribution < -0.4 is 4.87 Å². The average molecular weight is 298 g/mol. The van der Waals surface area contributed by atoms with Gasteiger partial charge in [0.15, 0.2) is 11.3 Å². The van der Waals surface area contributed by atoms with Crippen LogP contribution in [0.3, 0.4) is 0 Å². The number of nitrogens with zero attached hydrogens (tertiary/aromatic N) is 1. The van der Waals surface area contributed by atoms with Crippen molar-refractivity contribution in [2.24, 2.45) is 0 Å². The predicted octanol–water partition coefficient (Wildman–Crippen LogP) is 2.85. The summed E-state index contributed by atoms with van der Waals surface area (Å²) in [5, 5.41) is 9.09. The highest BCUT2D eigenvalue weighted by atomic mass is 32.1. The highest BCUT2D eigenvalue weighted by Gasteiger charge is 2.12. The Morgan fingerprint density at radius 2 is 2.00 bits per heavy atom. The number of benzene rings is 1. The van der Waals surface area contributed by atoms with Gasteiger partial charge in [-0.05, 0) is 17.2 Å². The third-order valence-corrected chi connectivity index (χ3v) is 3.81. The number of fused-ring (bicyclic) bond motifs is 1. The number of hydrogen-bond acceptors (Lipinski definition) is 4. The predicted molar refractivity (Wildman–Crippen MR) is 82.6 cm³/mol. The van der Waals surface area contributed by atoms with Gasteiger partial charge in [-0.15, -0.1) is 0 Å². The number of aromatic carboxylic acids is 1. The van der Waals surface area contributed by atoms with Crippen molar-refractivity contribution in [2.45, 2.75) is 0 Å². The minimum absolute atomic E-state index is 0.0933. The van der Waals surface area contributed by atoms with Crippen molar-refractivity contribution in [1.29, 1.82) is 0 Å². The lowest BCUT2D eigenvalue weighted by atomic mass is 10.1. The molecule has 104 valence electrons. The lowest BCUT2D eigenvalue weighted by Gasteiger charge is -1.99. The van der Waals surface area contributed by atoms with Crippen molar-refractivity contribution < 1.29 is 9.90 Å². The molecule has 0 unspecified atom stereocenters. The van der Waals surface area contributed by atoms with E-state index in [0.29, 0.717) is 15.9 Å². The molecule has 0 aliphatic rings. The van der Waals surface area contributed by atoms with E-state index >= 15 is 0 Å². The van der Waals surface area contributed by atoms with E-state index in [1.165, 1.54) is 6.07 Å². The maximum absolute atomic E-state index is 11.4. The molecule has 3 rings (SSSR count). The first kappa shape index (κ1) is 13.3. The van der Waals surface area contributed by atoms with E-state index in [1.807, 2.05) is 36.4 Å². The van der Waals surface area contributed by atoms with Gasteiger partial charge in [-0.25, -0.2) is 9.78 Å². The Morgan fingerprint density at radius 3 is 2.71 bits per heavy atom. The van der Waals surface area contributed by atoms with Gasteiger partial charge in [-0.3, -0.25) is 9.78 Å². The summed E-state index contributed by atoms with van der Waals surface area (Å²) in [5.74, 6) is -1.13. The van der Waals surface area contributed by atoms with E-state index in [2.05, 4.69) is 9.97 Å². The van der Waals surface area contributed by atoms with Crippen LogP contribution in [0.2, 0.25) is 0 Å². The lowest BCUT2D eigenvalue weighted by molar-refractivity contribution is 0.0691. The summed E-state index contributed by atoms with van der Waals surface area (Å²) in [5.41, 5.74) is 1.86. The van der Waals surface area contributed by atoms with Crippen molar-refractivity contribution in [3.05, 3.63) is 62.9 Å². The highest BCUT2D eigenvalue weighted by molar-refractivity contribution is 7.16. The Kier molecular flexibility index (Phi) is 3.37. The molecule has 0 atom stereocenters. The molecule has 0 saturated heterocycles. The van der Waals surface area contributed by atoms with Crippen LogP contribution in [0.25, 0.3) is 22.5 Å². The average Bonchev–Trinajstić information content (AvgIpc) is 2.86. The van der Waals surface area contributed by atoms with Crippen LogP contribution in [0.4, 0.5) is 0 Å². The molecular weight excluding hydrogens is 288 g/mol. The molecule has 2 aromatic heterocycles. The SMILES string of the molecule is O=C(O)c1cc(/C=C/c2ccccc2)c2sc(=O)[nH]c2n1. The number of pyridine rings is 1. The molecule has 21 heavy (non-hydrogen) atoms. The van der Waals surface area contributed by atoms with E-state index < -0.39 is 5.97 Å². The fourth-order valence-electron chi connectivity index (χ4n) is 1.94. The third-order valence-electron chi connectivity index (χ3n) is 2.89. The van der Waals surface area contributed by atoms with Gasteiger partial charge < -0.3 is 5.11 Å². The summed E-state index contributed by atoms with van der Waals surface area (Å²) in [6, 6.07) is 11.1. The van der Waals surface area contributed by atoms with Gasteiger partial charge in [0, 0.05) is 0 Å². The van der Waals surface area contributed by atoms with Crippen LogP contribution in [-0.4, -0.2) is 21.0 Å². The van der Waals surface area contributed by atoms with Gasteiger partial charge in [0.1, 0.15) is 0 Å². The van der Waals surface area contributed by atoms with E-state index in [1.54, 1.807) is 6.08 Å². The van der Waals surface area contributed by atoms with Crippen molar-refractivity contribution in [1.82, 2.24) is 9.97 Å². The summed E-state index contributed by atoms with van der Waals surface area (Å²) < 4.78 is 0.650. The van der Waals surface area contributed by atoms with E-state index in [0.717, 1.165) is 16.9 Å². The van der Waals surface area contributed by atoms with Gasteiger partial charge in [-0.2, -0.15) is 0 Å². The molecule has 0 radical (unpaired) electrons. The number of H-pyrrole nitrogens is 1. The van der Waals surface area contributed by atoms with Gasteiger partial charge >= 0.3 is 10.8 Å². The molecule has 5 nitrogen and oxygen atoms in total. The minimum atomic E-state index is -1.13. The number of nitrogens with one attached hydrogen (secondary N) is 1. The molecule has 0 aliphatic carbocycles. The van der Waals surface area contributed by atoms with E-state index in [9.17, 15) is 9.59 Å². The minimum Gasteiger partial charge on any atom is -0.477 e. The molecule has 2 heterocycles. The van der Waals surface area contributed by atoms with Gasteiger partial charge in [0.2, 0.25) is 0 Å². The lowest BCUT2D eigenvalue weighted by Crippen LogP contribution is -2.01. The number of hydrogen-bond donors (Lipinski definition) is 2. The second-order valence-corrected chi connectivity index (χ2v) is 5.32. The monoisotopic (exact) mass is 298 g/mol. The Hall–Kier alpha value is -2.73. The second-order valence-electron chi connectivity index (χ2n) is 4.34. The quantitative estimate of drug-likeness (QED) is 0.779. The standard InChI is InChI=1S/C15H10N2O3S/c18-14(19)11-8-10(7-6-9-4-2-1-3-5-9)12-13(16-11)17-15(20)21-12/h1-8H,(H,18,19)(H,16,17,20)/b7-6+. The van der Waals surface area contributed by atoms with Crippen LogP contribution in [0.5, 0.6) is 0 Å². The Morgan fingerprint density at radius 1 is 1.24 bits per heavy atom. The molecule has 1 aromatic carbocycles. The molecule has 0 amide bonds. The van der Waals surface area contributed by atoms with Gasteiger partial charge in [0.05, 0.1) is 4.70 Å². The number of carboxylic acid groups (broad SMARTS) is 1. The first-order chi connectivity index (χ1) is 10.1. The van der Waals surface area contributed by atoms with Crippen molar-refractivity contribution in [2.75, 3.05) is 0 Å². The summed E-state index contributed by atoms with van der Waals surface area (Å²) in [6.45, 7) is 0. The summed E-state index contributed by atoms with van der Waals surface area (Å²) in [6.07, 6.45) is 3.65. The molecule has 0 fully saturated rings. The van der Waals surface area contributed by atoms with Crippen LogP contribution >= 0.6 is 11.3 Å². The largest absolute Gasteiger partial charge is 0.477 e. The molecule has 0 saturated carbocycles. The maximum Gasteiger partial charge on any atom is 0.354 e. The van der Waals surface area contributed by atoms with E-state index in [4.69, 9.17) is 5.11 Å². The number of thiazole rings is 1.